The average molecular weight is 254 g/mol. The molecule has 0 saturated carbocycles. The van der Waals surface area contributed by atoms with Crippen LogP contribution in [-0.2, 0) is 4.79 Å². The molecule has 3 nitrogen and oxygen atoms in total. The molecular formula is C15H30N2O. The number of rotatable bonds is 5. The van der Waals surface area contributed by atoms with Gasteiger partial charge in [-0.3, -0.25) is 4.79 Å². The minimum atomic E-state index is -0.0262. The van der Waals surface area contributed by atoms with Gasteiger partial charge in [0.05, 0.1) is 0 Å². The Morgan fingerprint density at radius 1 is 1.50 bits per heavy atom. The van der Waals surface area contributed by atoms with Crippen molar-refractivity contribution in [3.63, 3.8) is 0 Å². The lowest BCUT2D eigenvalue weighted by Gasteiger charge is -2.36. The highest BCUT2D eigenvalue weighted by atomic mass is 16.2. The van der Waals surface area contributed by atoms with E-state index in [1.54, 1.807) is 0 Å². The molecule has 0 radical (unpaired) electrons. The number of hydrogen-bond donors (Lipinski definition) is 1. The summed E-state index contributed by atoms with van der Waals surface area (Å²) in [6.07, 6.45) is 4.20. The predicted molar refractivity (Wildman–Crippen MR) is 76.5 cm³/mol. The monoisotopic (exact) mass is 254 g/mol. The van der Waals surface area contributed by atoms with Gasteiger partial charge in [0.25, 0.3) is 0 Å². The lowest BCUT2D eigenvalue weighted by Crippen LogP contribution is -2.45. The highest BCUT2D eigenvalue weighted by molar-refractivity contribution is 5.76. The molecule has 18 heavy (non-hydrogen) atoms. The molecule has 1 heterocycles. The zero-order valence-corrected chi connectivity index (χ0v) is 12.8. The highest BCUT2D eigenvalue weighted by Crippen LogP contribution is 2.25. The summed E-state index contributed by atoms with van der Waals surface area (Å²) in [6, 6.07) is 0. The van der Waals surface area contributed by atoms with Crippen molar-refractivity contribution >= 4 is 5.91 Å². The fourth-order valence-corrected chi connectivity index (χ4v) is 2.52. The van der Waals surface area contributed by atoms with E-state index in [4.69, 9.17) is 0 Å². The number of carbonyl (C=O) groups is 1. The predicted octanol–water partition coefficient (Wildman–Crippen LogP) is 2.66. The average Bonchev–Trinajstić information content (AvgIpc) is 2.38. The van der Waals surface area contributed by atoms with Crippen LogP contribution in [0.4, 0.5) is 0 Å². The molecule has 0 bridgehead atoms. The van der Waals surface area contributed by atoms with E-state index in [0.29, 0.717) is 24.2 Å². The minimum absolute atomic E-state index is 0.0262. The Labute approximate surface area is 112 Å². The Balaban J connectivity index is 2.48. The van der Waals surface area contributed by atoms with Gasteiger partial charge < -0.3 is 10.2 Å². The Bertz CT molecular complexity index is 270. The molecule has 0 spiro atoms. The van der Waals surface area contributed by atoms with E-state index in [2.05, 4.69) is 33.0 Å². The van der Waals surface area contributed by atoms with Crippen LogP contribution in [0.1, 0.15) is 53.4 Å². The fraction of sp³-hybridized carbons (Fsp3) is 0.933. The van der Waals surface area contributed by atoms with Gasteiger partial charge in [-0.1, -0.05) is 13.8 Å². The molecule has 2 unspecified atom stereocenters. The van der Waals surface area contributed by atoms with E-state index >= 15 is 0 Å². The van der Waals surface area contributed by atoms with Crippen molar-refractivity contribution in [3.05, 3.63) is 0 Å². The van der Waals surface area contributed by atoms with Crippen molar-refractivity contribution in [3.8, 4) is 0 Å². The SMILES string of the molecule is CCC(C)(C)N(C)C(=O)CC(C)C1CCCNC1. The van der Waals surface area contributed by atoms with Crippen LogP contribution in [-0.4, -0.2) is 36.5 Å². The number of carbonyl (C=O) groups excluding carboxylic acids is 1. The molecule has 0 aromatic carbocycles. The van der Waals surface area contributed by atoms with Gasteiger partial charge >= 0.3 is 0 Å². The Kier molecular flexibility index (Phi) is 5.64. The third kappa shape index (κ3) is 3.98. The van der Waals surface area contributed by atoms with E-state index < -0.39 is 0 Å². The molecule has 1 fully saturated rings. The summed E-state index contributed by atoms with van der Waals surface area (Å²) in [5.41, 5.74) is -0.0262. The van der Waals surface area contributed by atoms with Gasteiger partial charge in [-0.05, 0) is 58.0 Å². The van der Waals surface area contributed by atoms with Gasteiger partial charge in [0.2, 0.25) is 5.91 Å². The van der Waals surface area contributed by atoms with Crippen LogP contribution in [0.25, 0.3) is 0 Å². The van der Waals surface area contributed by atoms with Gasteiger partial charge in [0, 0.05) is 19.0 Å². The number of piperidine rings is 1. The van der Waals surface area contributed by atoms with Crippen molar-refractivity contribution in [2.24, 2.45) is 11.8 Å². The summed E-state index contributed by atoms with van der Waals surface area (Å²) in [5.74, 6) is 1.45. The van der Waals surface area contributed by atoms with Gasteiger partial charge in [-0.15, -0.1) is 0 Å². The number of nitrogens with one attached hydrogen (secondary N) is 1. The van der Waals surface area contributed by atoms with Crippen LogP contribution in [0.2, 0.25) is 0 Å². The maximum atomic E-state index is 12.3. The number of hydrogen-bond acceptors (Lipinski definition) is 2. The van der Waals surface area contributed by atoms with Crippen molar-refractivity contribution in [2.45, 2.75) is 58.9 Å². The second-order valence-electron chi connectivity index (χ2n) is 6.41. The van der Waals surface area contributed by atoms with Gasteiger partial charge in [-0.2, -0.15) is 0 Å². The molecule has 1 N–H and O–H groups in total. The third-order valence-corrected chi connectivity index (χ3v) is 4.78. The lowest BCUT2D eigenvalue weighted by molar-refractivity contribution is -0.136. The molecule has 0 aliphatic carbocycles. The van der Waals surface area contributed by atoms with Crippen molar-refractivity contribution in [2.75, 3.05) is 20.1 Å². The summed E-state index contributed by atoms with van der Waals surface area (Å²) >= 11 is 0. The summed E-state index contributed by atoms with van der Waals surface area (Å²) < 4.78 is 0. The molecule has 0 aromatic heterocycles. The smallest absolute Gasteiger partial charge is 0.223 e. The van der Waals surface area contributed by atoms with Crippen LogP contribution in [0, 0.1) is 11.8 Å². The van der Waals surface area contributed by atoms with E-state index in [1.807, 2.05) is 11.9 Å². The van der Waals surface area contributed by atoms with Gasteiger partial charge in [-0.25, -0.2) is 0 Å². The van der Waals surface area contributed by atoms with Crippen molar-refractivity contribution < 1.29 is 4.79 Å². The zero-order chi connectivity index (χ0) is 13.8. The summed E-state index contributed by atoms with van der Waals surface area (Å²) in [7, 11) is 1.94. The standard InChI is InChI=1S/C15H30N2O/c1-6-15(3,4)17(5)14(18)10-12(2)13-8-7-9-16-11-13/h12-13,16H,6-11H2,1-5H3. The second-order valence-corrected chi connectivity index (χ2v) is 6.41. The van der Waals surface area contributed by atoms with Gasteiger partial charge in [0.15, 0.2) is 0 Å². The molecule has 1 amide bonds. The van der Waals surface area contributed by atoms with Crippen LogP contribution in [0.5, 0.6) is 0 Å². The summed E-state index contributed by atoms with van der Waals surface area (Å²) in [6.45, 7) is 10.9. The zero-order valence-electron chi connectivity index (χ0n) is 12.8. The minimum Gasteiger partial charge on any atom is -0.341 e. The normalized spacial score (nSPS) is 22.6. The molecular weight excluding hydrogens is 224 g/mol. The van der Waals surface area contributed by atoms with Crippen molar-refractivity contribution in [1.82, 2.24) is 10.2 Å². The number of amides is 1. The second kappa shape index (κ2) is 6.55. The summed E-state index contributed by atoms with van der Waals surface area (Å²) in [4.78, 5) is 14.2. The van der Waals surface area contributed by atoms with Crippen molar-refractivity contribution in [1.29, 1.82) is 0 Å². The Morgan fingerprint density at radius 3 is 2.67 bits per heavy atom. The van der Waals surface area contributed by atoms with E-state index in [-0.39, 0.29) is 5.54 Å². The molecule has 1 aliphatic rings. The first kappa shape index (κ1) is 15.5. The Hall–Kier alpha value is -0.570. The first-order valence-electron chi connectivity index (χ1n) is 7.36. The maximum Gasteiger partial charge on any atom is 0.223 e. The molecule has 106 valence electrons. The molecule has 3 heteroatoms. The van der Waals surface area contributed by atoms with Crippen LogP contribution in [0.15, 0.2) is 0 Å². The van der Waals surface area contributed by atoms with E-state index in [9.17, 15) is 4.79 Å². The van der Waals surface area contributed by atoms with E-state index in [1.165, 1.54) is 12.8 Å². The quantitative estimate of drug-likeness (QED) is 0.818. The first-order valence-corrected chi connectivity index (χ1v) is 7.36. The topological polar surface area (TPSA) is 32.3 Å². The molecule has 1 aliphatic heterocycles. The molecule has 1 rings (SSSR count). The van der Waals surface area contributed by atoms with E-state index in [0.717, 1.165) is 19.5 Å². The molecule has 2 atom stereocenters. The summed E-state index contributed by atoms with van der Waals surface area (Å²) in [5, 5.41) is 3.43. The largest absolute Gasteiger partial charge is 0.341 e. The molecule has 0 aromatic rings. The van der Waals surface area contributed by atoms with Crippen LogP contribution < -0.4 is 5.32 Å². The van der Waals surface area contributed by atoms with Gasteiger partial charge in [0.1, 0.15) is 0 Å². The first-order chi connectivity index (χ1) is 8.38. The lowest BCUT2D eigenvalue weighted by atomic mass is 9.85. The number of nitrogens with zero attached hydrogens (tertiary/aromatic N) is 1. The van der Waals surface area contributed by atoms with Crippen LogP contribution in [0.3, 0.4) is 0 Å². The fourth-order valence-electron chi connectivity index (χ4n) is 2.52. The third-order valence-electron chi connectivity index (χ3n) is 4.78. The highest BCUT2D eigenvalue weighted by Gasteiger charge is 2.28. The van der Waals surface area contributed by atoms with Crippen LogP contribution >= 0.6 is 0 Å². The Morgan fingerprint density at radius 2 is 2.17 bits per heavy atom. The maximum absolute atomic E-state index is 12.3. The molecule has 1 saturated heterocycles.